The second kappa shape index (κ2) is 7.82. The molecular weight excluding hydrogens is 314 g/mol. The number of benzene rings is 1. The average Bonchev–Trinajstić information content (AvgIpc) is 2.53. The lowest BCUT2D eigenvalue weighted by Gasteiger charge is -2.30. The first-order valence-corrected chi connectivity index (χ1v) is 8.79. The fourth-order valence-electron chi connectivity index (χ4n) is 2.97. The topological polar surface area (TPSA) is 29.1 Å². The predicted molar refractivity (Wildman–Crippen MR) is 87.4 cm³/mol. The van der Waals surface area contributed by atoms with Gasteiger partial charge in [-0.25, -0.2) is 0 Å². The molecule has 1 aromatic rings. The maximum absolute atomic E-state index is 12.2. The normalized spacial score (nSPS) is 22.5. The third-order valence-electron chi connectivity index (χ3n) is 4.41. The van der Waals surface area contributed by atoms with Crippen LogP contribution in [-0.2, 0) is 6.42 Å². The molecule has 0 radical (unpaired) electrons. The second-order valence-corrected chi connectivity index (χ2v) is 6.37. The number of aryl methyl sites for hydroxylation is 1. The smallest absolute Gasteiger partial charge is 0.251 e. The van der Waals surface area contributed by atoms with Gasteiger partial charge in [0.2, 0.25) is 0 Å². The van der Waals surface area contributed by atoms with Crippen molar-refractivity contribution in [2.45, 2.75) is 39.0 Å². The summed E-state index contributed by atoms with van der Waals surface area (Å²) in [5.41, 5.74) is 2.04. The van der Waals surface area contributed by atoms with E-state index in [1.54, 1.807) is 0 Å². The summed E-state index contributed by atoms with van der Waals surface area (Å²) < 4.78 is 0. The monoisotopic (exact) mass is 337 g/mol. The van der Waals surface area contributed by atoms with Gasteiger partial charge >= 0.3 is 0 Å². The quantitative estimate of drug-likeness (QED) is 0.802. The molecule has 0 heterocycles. The standard InChI is InChI=1S/C17H24BrNO/c1-2-13-7-9-14(10-8-13)17(20)19-12-16-6-4-3-5-15(16)11-18/h7-10,15-16H,2-6,11-12H2,1H3,(H,19,20). The molecule has 0 aliphatic heterocycles. The van der Waals surface area contributed by atoms with Gasteiger partial charge in [0.15, 0.2) is 0 Å². The third kappa shape index (κ3) is 4.08. The molecule has 1 N–H and O–H groups in total. The molecule has 20 heavy (non-hydrogen) atoms. The first-order chi connectivity index (χ1) is 9.74. The van der Waals surface area contributed by atoms with Crippen LogP contribution in [0.2, 0.25) is 0 Å². The van der Waals surface area contributed by atoms with Gasteiger partial charge < -0.3 is 5.32 Å². The number of rotatable bonds is 5. The first kappa shape index (κ1) is 15.6. The maximum Gasteiger partial charge on any atom is 0.251 e. The number of carbonyl (C=O) groups excluding carboxylic acids is 1. The van der Waals surface area contributed by atoms with Crippen LogP contribution in [0, 0.1) is 11.8 Å². The predicted octanol–water partition coefficient (Wildman–Crippen LogP) is 4.18. The van der Waals surface area contributed by atoms with Crippen molar-refractivity contribution < 1.29 is 4.79 Å². The largest absolute Gasteiger partial charge is 0.352 e. The lowest BCUT2D eigenvalue weighted by molar-refractivity contribution is 0.0937. The van der Waals surface area contributed by atoms with Crippen LogP contribution in [0.25, 0.3) is 0 Å². The number of carbonyl (C=O) groups is 1. The Kier molecular flexibility index (Phi) is 6.08. The molecule has 0 saturated heterocycles. The Labute approximate surface area is 130 Å². The number of amides is 1. The van der Waals surface area contributed by atoms with Crippen molar-refractivity contribution >= 4 is 21.8 Å². The summed E-state index contributed by atoms with van der Waals surface area (Å²) in [4.78, 5) is 12.2. The SMILES string of the molecule is CCc1ccc(C(=O)NCC2CCCCC2CBr)cc1. The molecule has 1 saturated carbocycles. The molecule has 2 nitrogen and oxygen atoms in total. The highest BCUT2D eigenvalue weighted by atomic mass is 79.9. The fourth-order valence-corrected chi connectivity index (χ4v) is 3.83. The molecular formula is C17H24BrNO. The van der Waals surface area contributed by atoms with E-state index < -0.39 is 0 Å². The van der Waals surface area contributed by atoms with Gasteiger partial charge in [-0.05, 0) is 48.8 Å². The van der Waals surface area contributed by atoms with Gasteiger partial charge in [0.25, 0.3) is 5.91 Å². The molecule has 1 aliphatic rings. The van der Waals surface area contributed by atoms with E-state index >= 15 is 0 Å². The number of hydrogen-bond acceptors (Lipinski definition) is 1. The Morgan fingerprint density at radius 3 is 2.45 bits per heavy atom. The van der Waals surface area contributed by atoms with E-state index in [0.29, 0.717) is 11.8 Å². The molecule has 1 amide bonds. The first-order valence-electron chi connectivity index (χ1n) is 7.67. The lowest BCUT2D eigenvalue weighted by Crippen LogP contribution is -2.34. The van der Waals surface area contributed by atoms with Gasteiger partial charge in [0.1, 0.15) is 0 Å². The van der Waals surface area contributed by atoms with Crippen LogP contribution in [0.1, 0.15) is 48.5 Å². The molecule has 0 spiro atoms. The third-order valence-corrected chi connectivity index (χ3v) is 5.25. The summed E-state index contributed by atoms with van der Waals surface area (Å²) in [6.45, 7) is 2.93. The van der Waals surface area contributed by atoms with E-state index in [1.165, 1.54) is 31.2 Å². The second-order valence-electron chi connectivity index (χ2n) is 5.72. The average molecular weight is 338 g/mol. The minimum absolute atomic E-state index is 0.0616. The molecule has 1 aromatic carbocycles. The van der Waals surface area contributed by atoms with Crippen LogP contribution in [0.15, 0.2) is 24.3 Å². The Morgan fingerprint density at radius 1 is 1.20 bits per heavy atom. The molecule has 0 aromatic heterocycles. The molecule has 2 atom stereocenters. The summed E-state index contributed by atoms with van der Waals surface area (Å²) in [7, 11) is 0. The highest BCUT2D eigenvalue weighted by Crippen LogP contribution is 2.30. The van der Waals surface area contributed by atoms with Crippen LogP contribution in [0.3, 0.4) is 0 Å². The van der Waals surface area contributed by atoms with E-state index in [4.69, 9.17) is 0 Å². The number of nitrogens with one attached hydrogen (secondary N) is 1. The molecule has 1 aliphatic carbocycles. The van der Waals surface area contributed by atoms with Crippen LogP contribution in [-0.4, -0.2) is 17.8 Å². The molecule has 2 unspecified atom stereocenters. The Balaban J connectivity index is 1.87. The van der Waals surface area contributed by atoms with Crippen LogP contribution in [0.5, 0.6) is 0 Å². The lowest BCUT2D eigenvalue weighted by atomic mass is 9.80. The van der Waals surface area contributed by atoms with Gasteiger partial charge in [-0.15, -0.1) is 0 Å². The van der Waals surface area contributed by atoms with Crippen molar-refractivity contribution in [3.63, 3.8) is 0 Å². The summed E-state index contributed by atoms with van der Waals surface area (Å²) in [5.74, 6) is 1.40. The zero-order valence-electron chi connectivity index (χ0n) is 12.2. The zero-order valence-corrected chi connectivity index (χ0v) is 13.8. The van der Waals surface area contributed by atoms with Crippen molar-refractivity contribution in [2.24, 2.45) is 11.8 Å². The van der Waals surface area contributed by atoms with Gasteiger partial charge in [-0.2, -0.15) is 0 Å². The van der Waals surface area contributed by atoms with E-state index in [-0.39, 0.29) is 5.91 Å². The van der Waals surface area contributed by atoms with E-state index in [1.807, 2.05) is 24.3 Å². The molecule has 2 rings (SSSR count). The van der Waals surface area contributed by atoms with Gasteiger partial charge in [0.05, 0.1) is 0 Å². The Bertz CT molecular complexity index is 429. The van der Waals surface area contributed by atoms with E-state index in [2.05, 4.69) is 28.2 Å². The van der Waals surface area contributed by atoms with Gasteiger partial charge in [-0.1, -0.05) is 47.8 Å². The Morgan fingerprint density at radius 2 is 1.85 bits per heavy atom. The summed E-state index contributed by atoms with van der Waals surface area (Å²) in [5, 5.41) is 4.16. The van der Waals surface area contributed by atoms with Crippen molar-refractivity contribution in [3.05, 3.63) is 35.4 Å². The maximum atomic E-state index is 12.2. The van der Waals surface area contributed by atoms with Crippen molar-refractivity contribution in [1.82, 2.24) is 5.32 Å². The highest BCUT2D eigenvalue weighted by Gasteiger charge is 2.24. The van der Waals surface area contributed by atoms with Crippen LogP contribution < -0.4 is 5.32 Å². The summed E-state index contributed by atoms with van der Waals surface area (Å²) in [6, 6.07) is 7.93. The van der Waals surface area contributed by atoms with Crippen molar-refractivity contribution in [2.75, 3.05) is 11.9 Å². The van der Waals surface area contributed by atoms with E-state index in [9.17, 15) is 4.79 Å². The van der Waals surface area contributed by atoms with Crippen molar-refractivity contribution in [1.29, 1.82) is 0 Å². The van der Waals surface area contributed by atoms with Crippen LogP contribution in [0.4, 0.5) is 0 Å². The van der Waals surface area contributed by atoms with Crippen molar-refractivity contribution in [3.8, 4) is 0 Å². The minimum atomic E-state index is 0.0616. The Hall–Kier alpha value is -0.830. The zero-order chi connectivity index (χ0) is 14.4. The number of hydrogen-bond donors (Lipinski definition) is 1. The molecule has 3 heteroatoms. The van der Waals surface area contributed by atoms with Crippen LogP contribution >= 0.6 is 15.9 Å². The fraction of sp³-hybridized carbons (Fsp3) is 0.588. The number of halogens is 1. The van der Waals surface area contributed by atoms with Gasteiger partial charge in [0, 0.05) is 17.4 Å². The minimum Gasteiger partial charge on any atom is -0.352 e. The van der Waals surface area contributed by atoms with E-state index in [0.717, 1.165) is 23.9 Å². The van der Waals surface area contributed by atoms with Gasteiger partial charge in [-0.3, -0.25) is 4.79 Å². The summed E-state index contributed by atoms with van der Waals surface area (Å²) in [6.07, 6.45) is 6.17. The summed E-state index contributed by atoms with van der Waals surface area (Å²) >= 11 is 3.61. The highest BCUT2D eigenvalue weighted by molar-refractivity contribution is 9.09. The molecule has 110 valence electrons. The molecule has 1 fully saturated rings. The molecule has 0 bridgehead atoms. The number of alkyl halides is 1.